The molecule has 0 saturated carbocycles. The van der Waals surface area contributed by atoms with Crippen molar-refractivity contribution in [1.82, 2.24) is 0 Å². The van der Waals surface area contributed by atoms with E-state index in [2.05, 4.69) is 0 Å². The van der Waals surface area contributed by atoms with Crippen molar-refractivity contribution in [3.63, 3.8) is 0 Å². The molecule has 1 aromatic carbocycles. The first-order chi connectivity index (χ1) is 9.01. The number of aryl methyl sites for hydroxylation is 2. The zero-order valence-corrected chi connectivity index (χ0v) is 11.2. The number of aldehydes is 1. The maximum absolute atomic E-state index is 11.0. The van der Waals surface area contributed by atoms with E-state index in [1.54, 1.807) is 25.3 Å². The molecule has 5 nitrogen and oxygen atoms in total. The highest BCUT2D eigenvalue weighted by molar-refractivity contribution is 7.11. The molecule has 1 aromatic heterocycles. The maximum atomic E-state index is 11.0. The number of carbonyl (C=O) groups excluding carboxylic acids is 1. The number of hydrogen-bond donors (Lipinski definition) is 0. The summed E-state index contributed by atoms with van der Waals surface area (Å²) in [5, 5.41) is 12.7. The summed E-state index contributed by atoms with van der Waals surface area (Å²) in [5.41, 5.74) is 1.41. The predicted octanol–water partition coefficient (Wildman–Crippen LogP) is 3.88. The SMILES string of the molecule is Cc1cc(C)c(Oc2csc(C=O)c2)c([N+](=O)[O-])c1. The fourth-order valence-electron chi connectivity index (χ4n) is 1.77. The van der Waals surface area contributed by atoms with Crippen LogP contribution in [0.25, 0.3) is 0 Å². The largest absolute Gasteiger partial charge is 0.449 e. The normalized spacial score (nSPS) is 10.2. The topological polar surface area (TPSA) is 69.4 Å². The second kappa shape index (κ2) is 5.19. The van der Waals surface area contributed by atoms with Crippen LogP contribution < -0.4 is 4.74 Å². The van der Waals surface area contributed by atoms with Crippen LogP contribution in [-0.2, 0) is 0 Å². The van der Waals surface area contributed by atoms with Crippen molar-refractivity contribution in [2.75, 3.05) is 0 Å². The number of ether oxygens (including phenoxy) is 1. The molecule has 0 N–H and O–H groups in total. The van der Waals surface area contributed by atoms with Crippen molar-refractivity contribution < 1.29 is 14.5 Å². The Kier molecular flexibility index (Phi) is 3.62. The van der Waals surface area contributed by atoms with Crippen molar-refractivity contribution in [1.29, 1.82) is 0 Å². The summed E-state index contributed by atoms with van der Waals surface area (Å²) >= 11 is 1.23. The summed E-state index contributed by atoms with van der Waals surface area (Å²) in [7, 11) is 0. The van der Waals surface area contributed by atoms with Crippen molar-refractivity contribution in [3.05, 3.63) is 49.7 Å². The lowest BCUT2D eigenvalue weighted by Gasteiger charge is -2.08. The highest BCUT2D eigenvalue weighted by Gasteiger charge is 2.19. The molecule has 1 heterocycles. The molecule has 0 bridgehead atoms. The van der Waals surface area contributed by atoms with Gasteiger partial charge in [-0.3, -0.25) is 14.9 Å². The lowest BCUT2D eigenvalue weighted by molar-refractivity contribution is -0.385. The van der Waals surface area contributed by atoms with Gasteiger partial charge in [0.15, 0.2) is 6.29 Å². The maximum Gasteiger partial charge on any atom is 0.312 e. The average molecular weight is 277 g/mol. The van der Waals surface area contributed by atoms with Crippen LogP contribution in [0.1, 0.15) is 20.8 Å². The van der Waals surface area contributed by atoms with E-state index >= 15 is 0 Å². The predicted molar refractivity (Wildman–Crippen MR) is 72.4 cm³/mol. The summed E-state index contributed by atoms with van der Waals surface area (Å²) in [6, 6.07) is 4.84. The molecule has 0 aliphatic heterocycles. The van der Waals surface area contributed by atoms with Crippen LogP contribution in [0.3, 0.4) is 0 Å². The minimum atomic E-state index is -0.470. The molecule has 98 valence electrons. The first kappa shape index (κ1) is 13.2. The second-order valence-electron chi connectivity index (χ2n) is 4.09. The standard InChI is InChI=1S/C13H11NO4S/c1-8-3-9(2)13(12(4-8)14(16)17)18-10-5-11(6-15)19-7-10/h3-7H,1-2H3. The Morgan fingerprint density at radius 2 is 2.05 bits per heavy atom. The molecule has 2 aromatic rings. The lowest BCUT2D eigenvalue weighted by atomic mass is 10.1. The summed E-state index contributed by atoms with van der Waals surface area (Å²) in [5.74, 6) is 0.646. The van der Waals surface area contributed by atoms with Gasteiger partial charge in [0, 0.05) is 17.5 Å². The van der Waals surface area contributed by atoms with E-state index in [1.165, 1.54) is 17.4 Å². The molecule has 0 atom stereocenters. The van der Waals surface area contributed by atoms with Crippen molar-refractivity contribution in [2.24, 2.45) is 0 Å². The van der Waals surface area contributed by atoms with E-state index in [1.807, 2.05) is 6.07 Å². The Morgan fingerprint density at radius 1 is 1.32 bits per heavy atom. The van der Waals surface area contributed by atoms with Crippen LogP contribution in [0.5, 0.6) is 11.5 Å². The number of nitrogens with zero attached hydrogens (tertiary/aromatic N) is 1. The molecule has 6 heteroatoms. The number of nitro benzene ring substituents is 1. The minimum Gasteiger partial charge on any atom is -0.449 e. The van der Waals surface area contributed by atoms with E-state index in [4.69, 9.17) is 4.74 Å². The molecule has 0 amide bonds. The Bertz CT molecular complexity index is 648. The molecular formula is C13H11NO4S. The van der Waals surface area contributed by atoms with Gasteiger partial charge >= 0.3 is 5.69 Å². The van der Waals surface area contributed by atoms with Crippen LogP contribution in [0.4, 0.5) is 5.69 Å². The van der Waals surface area contributed by atoms with Gasteiger partial charge in [0.05, 0.1) is 9.80 Å². The van der Waals surface area contributed by atoms with Crippen LogP contribution in [0.2, 0.25) is 0 Å². The van der Waals surface area contributed by atoms with Crippen LogP contribution >= 0.6 is 11.3 Å². The van der Waals surface area contributed by atoms with Gasteiger partial charge in [0.1, 0.15) is 5.75 Å². The zero-order chi connectivity index (χ0) is 14.0. The lowest BCUT2D eigenvalue weighted by Crippen LogP contribution is -1.96. The zero-order valence-electron chi connectivity index (χ0n) is 10.4. The van der Waals surface area contributed by atoms with Gasteiger partial charge in [-0.15, -0.1) is 11.3 Å². The monoisotopic (exact) mass is 277 g/mol. The first-order valence-electron chi connectivity index (χ1n) is 5.48. The van der Waals surface area contributed by atoms with E-state index in [-0.39, 0.29) is 11.4 Å². The molecule has 19 heavy (non-hydrogen) atoms. The quantitative estimate of drug-likeness (QED) is 0.483. The summed E-state index contributed by atoms with van der Waals surface area (Å²) in [6.07, 6.45) is 0.716. The molecule has 0 unspecified atom stereocenters. The van der Waals surface area contributed by atoms with E-state index in [0.29, 0.717) is 22.5 Å². The van der Waals surface area contributed by atoms with Gasteiger partial charge in [-0.05, 0) is 25.0 Å². The Balaban J connectivity index is 2.43. The van der Waals surface area contributed by atoms with Crippen molar-refractivity contribution in [3.8, 4) is 11.5 Å². The average Bonchev–Trinajstić information content (AvgIpc) is 2.79. The highest BCUT2D eigenvalue weighted by atomic mass is 32.1. The van der Waals surface area contributed by atoms with Crippen molar-refractivity contribution in [2.45, 2.75) is 13.8 Å². The molecule has 0 aliphatic rings. The van der Waals surface area contributed by atoms with E-state index in [0.717, 1.165) is 5.56 Å². The van der Waals surface area contributed by atoms with Crippen LogP contribution in [0, 0.1) is 24.0 Å². The van der Waals surface area contributed by atoms with Gasteiger partial charge in [-0.25, -0.2) is 0 Å². The van der Waals surface area contributed by atoms with Gasteiger partial charge in [0.25, 0.3) is 0 Å². The Morgan fingerprint density at radius 3 is 2.63 bits per heavy atom. The molecule has 2 rings (SSSR count). The van der Waals surface area contributed by atoms with Gasteiger partial charge in [0.2, 0.25) is 5.75 Å². The van der Waals surface area contributed by atoms with Crippen molar-refractivity contribution >= 4 is 23.3 Å². The number of hydrogen-bond acceptors (Lipinski definition) is 5. The minimum absolute atomic E-state index is 0.0728. The Hall–Kier alpha value is -2.21. The third-order valence-corrected chi connectivity index (χ3v) is 3.36. The molecule has 0 fully saturated rings. The van der Waals surface area contributed by atoms with Crippen LogP contribution in [-0.4, -0.2) is 11.2 Å². The fraction of sp³-hybridized carbons (Fsp3) is 0.154. The van der Waals surface area contributed by atoms with Gasteiger partial charge in [-0.1, -0.05) is 6.07 Å². The number of nitro groups is 1. The summed E-state index contributed by atoms with van der Waals surface area (Å²) < 4.78 is 5.55. The smallest absolute Gasteiger partial charge is 0.312 e. The number of carbonyl (C=O) groups is 1. The number of benzene rings is 1. The molecule has 0 saturated heterocycles. The molecular weight excluding hydrogens is 266 g/mol. The first-order valence-corrected chi connectivity index (χ1v) is 6.36. The fourth-order valence-corrected chi connectivity index (χ4v) is 2.38. The summed E-state index contributed by atoms with van der Waals surface area (Å²) in [6.45, 7) is 3.54. The van der Waals surface area contributed by atoms with Crippen LogP contribution in [0.15, 0.2) is 23.6 Å². The summed E-state index contributed by atoms with van der Waals surface area (Å²) in [4.78, 5) is 21.7. The molecule has 0 aliphatic carbocycles. The second-order valence-corrected chi connectivity index (χ2v) is 5.03. The molecule has 0 radical (unpaired) electrons. The third kappa shape index (κ3) is 2.79. The number of thiophene rings is 1. The van der Waals surface area contributed by atoms with Gasteiger partial charge < -0.3 is 4.74 Å². The van der Waals surface area contributed by atoms with E-state index < -0.39 is 4.92 Å². The third-order valence-electron chi connectivity index (χ3n) is 2.53. The highest BCUT2D eigenvalue weighted by Crippen LogP contribution is 2.36. The number of rotatable bonds is 4. The van der Waals surface area contributed by atoms with E-state index in [9.17, 15) is 14.9 Å². The molecule has 0 spiro atoms. The van der Waals surface area contributed by atoms with Gasteiger partial charge in [-0.2, -0.15) is 0 Å². The Labute approximate surface area is 113 Å².